The van der Waals surface area contributed by atoms with Gasteiger partial charge in [-0.05, 0) is 66.6 Å². The average Bonchev–Trinajstić information content (AvgIpc) is 3.46. The zero-order chi connectivity index (χ0) is 28.8. The monoisotopic (exact) mass is 532 g/mol. The minimum absolute atomic E-state index is 0.0897. The third-order valence-corrected chi connectivity index (χ3v) is 6.70. The van der Waals surface area contributed by atoms with Gasteiger partial charge in [-0.2, -0.15) is 0 Å². The molecule has 2 aromatic rings. The number of nitrogens with one attached hydrogen (secondary N) is 1. The van der Waals surface area contributed by atoms with Gasteiger partial charge in [0.05, 0.1) is 0 Å². The van der Waals surface area contributed by atoms with E-state index in [2.05, 4.69) is 42.4 Å². The van der Waals surface area contributed by atoms with Crippen molar-refractivity contribution in [1.82, 2.24) is 9.80 Å². The molecule has 2 heterocycles. The lowest BCUT2D eigenvalue weighted by atomic mass is 10.00. The number of hydrogen-bond acceptors (Lipinski definition) is 3. The second kappa shape index (κ2) is 16.5. The molecule has 6 heteroatoms. The van der Waals surface area contributed by atoms with E-state index in [9.17, 15) is 9.59 Å². The predicted octanol–water partition coefficient (Wildman–Crippen LogP) is 7.52. The molecule has 2 amide bonds. The Kier molecular flexibility index (Phi) is 13.5. The maximum atomic E-state index is 13.3. The highest BCUT2D eigenvalue weighted by atomic mass is 16.2. The summed E-state index contributed by atoms with van der Waals surface area (Å²) in [5.41, 5.74) is 5.50. The predicted molar refractivity (Wildman–Crippen MR) is 166 cm³/mol. The first-order chi connectivity index (χ1) is 19.0. The number of rotatable bonds is 7. The standard InChI is InChI=1S/C29H36N4O2.2C2H6/c1-4-14-32(15-5-2)29(35)25-18-24-13-12-23(19-26(24)31-27(20-25)30-3)21-8-10-22(11-9-21)28(34)33-16-6-7-17-33;2*1-2/h8-13,18-19H,4-7,14-17,20H2,1-3H3,(H,30,31);2*1-2H3. The van der Waals surface area contributed by atoms with Gasteiger partial charge in [0.25, 0.3) is 5.91 Å². The van der Waals surface area contributed by atoms with E-state index in [0.29, 0.717) is 6.42 Å². The highest BCUT2D eigenvalue weighted by Gasteiger charge is 2.23. The molecule has 0 atom stereocenters. The van der Waals surface area contributed by atoms with E-state index in [4.69, 9.17) is 0 Å². The third-order valence-electron chi connectivity index (χ3n) is 6.70. The Morgan fingerprint density at radius 2 is 1.49 bits per heavy atom. The lowest BCUT2D eigenvalue weighted by Crippen LogP contribution is -2.34. The second-order valence-electron chi connectivity index (χ2n) is 9.31. The number of anilines is 1. The van der Waals surface area contributed by atoms with Gasteiger partial charge in [0.2, 0.25) is 5.91 Å². The SMILES string of the molecule is CC.CC.CCCN(CCC)C(=O)C1=Cc2ccc(-c3ccc(C(=O)N4CCCC4)cc3)cc2NC(=NC)C1. The van der Waals surface area contributed by atoms with Crippen LogP contribution in [0.1, 0.15) is 89.6 Å². The van der Waals surface area contributed by atoms with Crippen LogP contribution in [-0.4, -0.2) is 60.7 Å². The molecule has 0 aliphatic carbocycles. The normalized spacial score (nSPS) is 15.0. The van der Waals surface area contributed by atoms with Crippen LogP contribution in [0, 0.1) is 0 Å². The molecule has 0 saturated carbocycles. The van der Waals surface area contributed by atoms with Crippen LogP contribution in [0.5, 0.6) is 0 Å². The summed E-state index contributed by atoms with van der Waals surface area (Å²) in [7, 11) is 1.76. The van der Waals surface area contributed by atoms with Gasteiger partial charge in [0.15, 0.2) is 0 Å². The first-order valence-corrected chi connectivity index (χ1v) is 14.8. The Morgan fingerprint density at radius 1 is 0.897 bits per heavy atom. The molecule has 0 spiro atoms. The number of hydrogen-bond donors (Lipinski definition) is 1. The molecular formula is C33H48N4O2. The largest absolute Gasteiger partial charge is 0.343 e. The first kappa shape index (κ1) is 31.8. The molecule has 6 nitrogen and oxygen atoms in total. The van der Waals surface area contributed by atoms with Crippen molar-refractivity contribution in [2.75, 3.05) is 38.5 Å². The Balaban J connectivity index is 0.00000127. The number of benzene rings is 2. The molecule has 1 N–H and O–H groups in total. The number of amides is 2. The number of amidine groups is 1. The van der Waals surface area contributed by atoms with Crippen molar-refractivity contribution in [2.24, 2.45) is 4.99 Å². The zero-order valence-corrected chi connectivity index (χ0v) is 25.1. The molecule has 39 heavy (non-hydrogen) atoms. The Bertz CT molecular complexity index is 1120. The van der Waals surface area contributed by atoms with Crippen LogP contribution in [0.25, 0.3) is 17.2 Å². The van der Waals surface area contributed by atoms with Gasteiger partial charge in [0.1, 0.15) is 5.84 Å². The van der Waals surface area contributed by atoms with Crippen molar-refractivity contribution < 1.29 is 9.59 Å². The smallest absolute Gasteiger partial charge is 0.253 e. The van der Waals surface area contributed by atoms with Crippen LogP contribution in [0.15, 0.2) is 53.0 Å². The summed E-state index contributed by atoms with van der Waals surface area (Å²) < 4.78 is 0. The van der Waals surface area contributed by atoms with Crippen LogP contribution in [0.3, 0.4) is 0 Å². The molecule has 0 unspecified atom stereocenters. The lowest BCUT2D eigenvalue weighted by Gasteiger charge is -2.22. The maximum Gasteiger partial charge on any atom is 0.253 e. The average molecular weight is 533 g/mol. The fourth-order valence-corrected chi connectivity index (χ4v) is 4.83. The Labute approximate surface area is 236 Å². The number of carbonyl (C=O) groups excluding carboxylic acids is 2. The molecule has 2 aromatic carbocycles. The molecular weight excluding hydrogens is 484 g/mol. The van der Waals surface area contributed by atoms with E-state index in [-0.39, 0.29) is 11.8 Å². The lowest BCUT2D eigenvalue weighted by molar-refractivity contribution is -0.127. The summed E-state index contributed by atoms with van der Waals surface area (Å²) in [5.74, 6) is 0.982. The van der Waals surface area contributed by atoms with Gasteiger partial charge < -0.3 is 15.1 Å². The number of fused-ring (bicyclic) bond motifs is 1. The van der Waals surface area contributed by atoms with Crippen molar-refractivity contribution in [2.45, 2.75) is 73.6 Å². The van der Waals surface area contributed by atoms with Crippen LogP contribution >= 0.6 is 0 Å². The molecule has 1 saturated heterocycles. The number of nitrogens with zero attached hydrogens (tertiary/aromatic N) is 3. The molecule has 0 radical (unpaired) electrons. The van der Waals surface area contributed by atoms with Gasteiger partial charge in [-0.25, -0.2) is 0 Å². The molecule has 212 valence electrons. The maximum absolute atomic E-state index is 13.3. The van der Waals surface area contributed by atoms with Crippen molar-refractivity contribution in [1.29, 1.82) is 0 Å². The number of carbonyl (C=O) groups is 2. The molecule has 0 bridgehead atoms. The molecule has 2 aliphatic heterocycles. The second-order valence-corrected chi connectivity index (χ2v) is 9.31. The van der Waals surface area contributed by atoms with E-state index in [1.165, 1.54) is 0 Å². The van der Waals surface area contributed by atoms with E-state index < -0.39 is 0 Å². The van der Waals surface area contributed by atoms with Crippen LogP contribution in [-0.2, 0) is 4.79 Å². The Morgan fingerprint density at radius 3 is 2.05 bits per heavy atom. The van der Waals surface area contributed by atoms with E-state index >= 15 is 0 Å². The van der Waals surface area contributed by atoms with Gasteiger partial charge in [0, 0.05) is 56.5 Å². The summed E-state index contributed by atoms with van der Waals surface area (Å²) in [4.78, 5) is 34.3. The first-order valence-electron chi connectivity index (χ1n) is 14.8. The third kappa shape index (κ3) is 8.29. The summed E-state index contributed by atoms with van der Waals surface area (Å²) >= 11 is 0. The van der Waals surface area contributed by atoms with Gasteiger partial charge in [-0.1, -0.05) is 65.8 Å². The fourth-order valence-electron chi connectivity index (χ4n) is 4.83. The quantitative estimate of drug-likeness (QED) is 0.401. The van der Waals surface area contributed by atoms with Crippen LogP contribution in [0.2, 0.25) is 0 Å². The van der Waals surface area contributed by atoms with E-state index in [1.54, 1.807) is 7.05 Å². The highest BCUT2D eigenvalue weighted by Crippen LogP contribution is 2.31. The molecule has 1 fully saturated rings. The van der Waals surface area contributed by atoms with Crippen molar-refractivity contribution >= 4 is 29.4 Å². The fraction of sp³-hybridized carbons (Fsp3) is 0.485. The summed E-state index contributed by atoms with van der Waals surface area (Å²) in [6.45, 7) is 15.4. The van der Waals surface area contributed by atoms with Crippen LogP contribution < -0.4 is 5.32 Å². The van der Waals surface area contributed by atoms with Crippen molar-refractivity contribution in [3.63, 3.8) is 0 Å². The van der Waals surface area contributed by atoms with E-state index in [0.717, 1.165) is 91.2 Å². The van der Waals surface area contributed by atoms with Gasteiger partial charge in [-0.3, -0.25) is 14.6 Å². The van der Waals surface area contributed by atoms with Gasteiger partial charge in [-0.15, -0.1) is 0 Å². The molecule has 0 aromatic heterocycles. The highest BCUT2D eigenvalue weighted by molar-refractivity contribution is 6.10. The topological polar surface area (TPSA) is 65.0 Å². The summed E-state index contributed by atoms with van der Waals surface area (Å²) in [6, 6.07) is 14.1. The number of likely N-dealkylation sites (tertiary alicyclic amines) is 1. The minimum atomic E-state index is 0.0897. The Hall–Kier alpha value is -3.41. The minimum Gasteiger partial charge on any atom is -0.343 e. The van der Waals surface area contributed by atoms with Crippen LogP contribution in [0.4, 0.5) is 5.69 Å². The molecule has 2 aliphatic rings. The molecule has 4 rings (SSSR count). The van der Waals surface area contributed by atoms with Crippen molar-refractivity contribution in [3.8, 4) is 11.1 Å². The zero-order valence-electron chi connectivity index (χ0n) is 25.1. The number of aliphatic imine (C=N–C) groups is 1. The van der Waals surface area contributed by atoms with E-state index in [1.807, 2.05) is 67.8 Å². The van der Waals surface area contributed by atoms with Crippen molar-refractivity contribution in [3.05, 3.63) is 59.2 Å². The van der Waals surface area contributed by atoms with Gasteiger partial charge >= 0.3 is 0 Å². The summed E-state index contributed by atoms with van der Waals surface area (Å²) in [5, 5.41) is 3.44. The summed E-state index contributed by atoms with van der Waals surface area (Å²) in [6.07, 6.45) is 6.54.